The summed E-state index contributed by atoms with van der Waals surface area (Å²) in [4.78, 5) is 4.05. The molecular formula is C8H15N3OS. The maximum Gasteiger partial charge on any atom is 0.184 e. The molecular weight excluding hydrogens is 186 g/mol. The molecule has 0 saturated carbocycles. The van der Waals surface area contributed by atoms with Crippen LogP contribution in [0.4, 0.5) is 10.1 Å². The van der Waals surface area contributed by atoms with Crippen molar-refractivity contribution in [1.82, 2.24) is 4.98 Å². The highest BCUT2D eigenvalue weighted by molar-refractivity contribution is 7.19. The monoisotopic (exact) mass is 201 g/mol. The number of anilines is 2. The molecule has 0 radical (unpaired) electrons. The average molecular weight is 201 g/mol. The van der Waals surface area contributed by atoms with Crippen molar-refractivity contribution in [3.63, 3.8) is 0 Å². The predicted molar refractivity (Wildman–Crippen MR) is 55.9 cm³/mol. The molecule has 0 aliphatic carbocycles. The Morgan fingerprint density at radius 2 is 2.54 bits per heavy atom. The summed E-state index contributed by atoms with van der Waals surface area (Å²) in [5.41, 5.74) is 5.51. The number of aliphatic hydroxyl groups excluding tert-OH is 1. The Labute approximate surface area is 81.8 Å². The molecule has 0 aliphatic heterocycles. The van der Waals surface area contributed by atoms with Gasteiger partial charge in [0.15, 0.2) is 5.13 Å². The van der Waals surface area contributed by atoms with E-state index in [9.17, 15) is 0 Å². The van der Waals surface area contributed by atoms with Gasteiger partial charge in [-0.15, -0.1) is 0 Å². The fourth-order valence-corrected chi connectivity index (χ4v) is 1.57. The highest BCUT2D eigenvalue weighted by Gasteiger charge is 1.98. The van der Waals surface area contributed by atoms with E-state index in [1.54, 1.807) is 13.1 Å². The van der Waals surface area contributed by atoms with Gasteiger partial charge in [0.1, 0.15) is 5.00 Å². The van der Waals surface area contributed by atoms with E-state index in [1.165, 1.54) is 11.3 Å². The van der Waals surface area contributed by atoms with E-state index in [1.807, 2.05) is 0 Å². The molecule has 1 unspecified atom stereocenters. The molecule has 1 aromatic rings. The Balaban J connectivity index is 2.13. The SMILES string of the molecule is CC(O)CCCNc1ncc(N)s1. The van der Waals surface area contributed by atoms with E-state index in [2.05, 4.69) is 10.3 Å². The largest absolute Gasteiger partial charge is 0.393 e. The minimum Gasteiger partial charge on any atom is -0.393 e. The van der Waals surface area contributed by atoms with Gasteiger partial charge in [-0.3, -0.25) is 0 Å². The topological polar surface area (TPSA) is 71.2 Å². The molecule has 0 saturated heterocycles. The van der Waals surface area contributed by atoms with E-state index in [-0.39, 0.29) is 6.10 Å². The summed E-state index contributed by atoms with van der Waals surface area (Å²) in [5, 5.41) is 13.7. The van der Waals surface area contributed by atoms with Crippen molar-refractivity contribution in [3.8, 4) is 0 Å². The number of nitrogen functional groups attached to an aromatic ring is 1. The number of aliphatic hydroxyl groups is 1. The molecule has 0 bridgehead atoms. The van der Waals surface area contributed by atoms with E-state index in [0.717, 1.165) is 29.5 Å². The fraction of sp³-hybridized carbons (Fsp3) is 0.625. The molecule has 0 fully saturated rings. The van der Waals surface area contributed by atoms with Gasteiger partial charge in [0.05, 0.1) is 12.3 Å². The summed E-state index contributed by atoms with van der Waals surface area (Å²) in [6, 6.07) is 0. The molecule has 1 heterocycles. The molecule has 1 atom stereocenters. The highest BCUT2D eigenvalue weighted by Crippen LogP contribution is 2.19. The number of rotatable bonds is 5. The van der Waals surface area contributed by atoms with Crippen molar-refractivity contribution in [2.24, 2.45) is 0 Å². The lowest BCUT2D eigenvalue weighted by molar-refractivity contribution is 0.183. The van der Waals surface area contributed by atoms with Gasteiger partial charge in [0.25, 0.3) is 0 Å². The van der Waals surface area contributed by atoms with Crippen molar-refractivity contribution in [2.45, 2.75) is 25.9 Å². The van der Waals surface area contributed by atoms with Crippen molar-refractivity contribution in [2.75, 3.05) is 17.6 Å². The smallest absolute Gasteiger partial charge is 0.184 e. The Hall–Kier alpha value is -0.810. The molecule has 4 N–H and O–H groups in total. The second kappa shape index (κ2) is 5.04. The lowest BCUT2D eigenvalue weighted by atomic mass is 10.2. The minimum atomic E-state index is -0.219. The molecule has 1 rings (SSSR count). The van der Waals surface area contributed by atoms with Crippen molar-refractivity contribution >= 4 is 21.5 Å². The minimum absolute atomic E-state index is 0.219. The third-order valence-corrected chi connectivity index (χ3v) is 2.38. The van der Waals surface area contributed by atoms with Gasteiger partial charge in [-0.05, 0) is 19.8 Å². The van der Waals surface area contributed by atoms with Gasteiger partial charge in [-0.25, -0.2) is 4.98 Å². The number of nitrogens with one attached hydrogen (secondary N) is 1. The van der Waals surface area contributed by atoms with Gasteiger partial charge < -0.3 is 16.2 Å². The van der Waals surface area contributed by atoms with Crippen LogP contribution in [0.3, 0.4) is 0 Å². The molecule has 0 spiro atoms. The Bertz CT molecular complexity index is 249. The molecule has 13 heavy (non-hydrogen) atoms. The number of nitrogens with zero attached hydrogens (tertiary/aromatic N) is 1. The van der Waals surface area contributed by atoms with Crippen LogP contribution in [0.2, 0.25) is 0 Å². The zero-order valence-corrected chi connectivity index (χ0v) is 8.47. The van der Waals surface area contributed by atoms with Crippen LogP contribution in [0.1, 0.15) is 19.8 Å². The highest BCUT2D eigenvalue weighted by atomic mass is 32.1. The molecule has 0 aliphatic rings. The van der Waals surface area contributed by atoms with Crippen LogP contribution in [-0.4, -0.2) is 22.7 Å². The second-order valence-corrected chi connectivity index (χ2v) is 4.05. The molecule has 0 aromatic carbocycles. The summed E-state index contributed by atoms with van der Waals surface area (Å²) < 4.78 is 0. The summed E-state index contributed by atoms with van der Waals surface area (Å²) in [6.45, 7) is 2.62. The lowest BCUT2D eigenvalue weighted by Crippen LogP contribution is -2.06. The van der Waals surface area contributed by atoms with E-state index >= 15 is 0 Å². The first-order chi connectivity index (χ1) is 6.18. The van der Waals surface area contributed by atoms with E-state index in [0.29, 0.717) is 0 Å². The third-order valence-electron chi connectivity index (χ3n) is 1.60. The van der Waals surface area contributed by atoms with Gasteiger partial charge in [-0.2, -0.15) is 0 Å². The maximum atomic E-state index is 8.99. The van der Waals surface area contributed by atoms with E-state index in [4.69, 9.17) is 10.8 Å². The molecule has 5 heteroatoms. The first-order valence-corrected chi connectivity index (χ1v) is 5.13. The quantitative estimate of drug-likeness (QED) is 0.628. The zero-order valence-electron chi connectivity index (χ0n) is 7.66. The Kier molecular flexibility index (Phi) is 3.98. The zero-order chi connectivity index (χ0) is 9.68. The van der Waals surface area contributed by atoms with E-state index < -0.39 is 0 Å². The standard InChI is InChI=1S/C8H15N3OS/c1-6(12)3-2-4-10-8-11-5-7(9)13-8/h5-6,12H,2-4,9H2,1H3,(H,10,11). The van der Waals surface area contributed by atoms with Crippen LogP contribution in [0.15, 0.2) is 6.20 Å². The summed E-state index contributed by atoms with van der Waals surface area (Å²) in [6.07, 6.45) is 3.18. The van der Waals surface area contributed by atoms with Crippen molar-refractivity contribution in [3.05, 3.63) is 6.20 Å². The fourth-order valence-electron chi connectivity index (χ4n) is 0.961. The van der Waals surface area contributed by atoms with Crippen LogP contribution >= 0.6 is 11.3 Å². The second-order valence-electron chi connectivity index (χ2n) is 2.99. The summed E-state index contributed by atoms with van der Waals surface area (Å²) >= 11 is 1.44. The maximum absolute atomic E-state index is 8.99. The molecule has 1 aromatic heterocycles. The molecule has 0 amide bonds. The number of nitrogens with two attached hydrogens (primary N) is 1. The van der Waals surface area contributed by atoms with Crippen LogP contribution in [0, 0.1) is 0 Å². The number of hydrogen-bond donors (Lipinski definition) is 3. The average Bonchev–Trinajstić information content (AvgIpc) is 2.45. The number of thiazole rings is 1. The third kappa shape index (κ3) is 4.10. The predicted octanol–water partition coefficient (Wildman–Crippen LogP) is 1.30. The van der Waals surface area contributed by atoms with Gasteiger partial charge in [-0.1, -0.05) is 11.3 Å². The Morgan fingerprint density at radius 3 is 3.08 bits per heavy atom. The molecule has 4 nitrogen and oxygen atoms in total. The van der Waals surface area contributed by atoms with Gasteiger partial charge in [0, 0.05) is 6.54 Å². The summed E-state index contributed by atoms with van der Waals surface area (Å²) in [5.74, 6) is 0. The summed E-state index contributed by atoms with van der Waals surface area (Å²) in [7, 11) is 0. The van der Waals surface area contributed by atoms with Crippen molar-refractivity contribution in [1.29, 1.82) is 0 Å². The normalized spacial score (nSPS) is 12.8. The van der Waals surface area contributed by atoms with Crippen molar-refractivity contribution < 1.29 is 5.11 Å². The first-order valence-electron chi connectivity index (χ1n) is 4.31. The lowest BCUT2D eigenvalue weighted by Gasteiger charge is -2.03. The number of aromatic nitrogens is 1. The molecule has 74 valence electrons. The van der Waals surface area contributed by atoms with Gasteiger partial charge in [0.2, 0.25) is 0 Å². The van der Waals surface area contributed by atoms with Crippen LogP contribution < -0.4 is 11.1 Å². The van der Waals surface area contributed by atoms with Crippen LogP contribution in [0.5, 0.6) is 0 Å². The first kappa shape index (κ1) is 10.3. The number of hydrogen-bond acceptors (Lipinski definition) is 5. The van der Waals surface area contributed by atoms with Crippen LogP contribution in [0.25, 0.3) is 0 Å². The van der Waals surface area contributed by atoms with Crippen LogP contribution in [-0.2, 0) is 0 Å². The van der Waals surface area contributed by atoms with Gasteiger partial charge >= 0.3 is 0 Å². The Morgan fingerprint density at radius 1 is 1.77 bits per heavy atom.